The summed E-state index contributed by atoms with van der Waals surface area (Å²) >= 11 is 0. The number of aromatic nitrogens is 6. The third kappa shape index (κ3) is 4.82. The summed E-state index contributed by atoms with van der Waals surface area (Å²) in [4.78, 5) is 40.4. The molecule has 13 nitrogen and oxygen atoms in total. The number of rotatable bonds is 6. The number of nitrogens with zero attached hydrogens (tertiary/aromatic N) is 6. The van der Waals surface area contributed by atoms with Crippen LogP contribution in [-0.2, 0) is 7.05 Å². The fraction of sp³-hybridized carbons (Fsp3) is 0.235. The summed E-state index contributed by atoms with van der Waals surface area (Å²) in [5.74, 6) is -0.574. The lowest BCUT2D eigenvalue weighted by molar-refractivity contribution is 0.0958. The van der Waals surface area contributed by atoms with Gasteiger partial charge in [-0.3, -0.25) is 14.8 Å². The van der Waals surface area contributed by atoms with E-state index in [2.05, 4.69) is 41.0 Å². The van der Waals surface area contributed by atoms with Crippen LogP contribution in [-0.4, -0.2) is 53.9 Å². The first-order valence-electron chi connectivity index (χ1n) is 8.69. The first-order valence-corrected chi connectivity index (χ1v) is 8.69. The second kappa shape index (κ2) is 8.91. The molecule has 1 unspecified atom stereocenters. The Bertz CT molecular complexity index is 1050. The molecule has 3 aromatic heterocycles. The predicted molar refractivity (Wildman–Crippen MR) is 104 cm³/mol. The Labute approximate surface area is 170 Å². The summed E-state index contributed by atoms with van der Waals surface area (Å²) in [5, 5.41) is 21.5. The van der Waals surface area contributed by atoms with Crippen LogP contribution in [0.5, 0.6) is 5.88 Å². The maximum atomic E-state index is 12.5. The molecule has 3 heterocycles. The SMILES string of the molecule is CNC(=O)c1nn(C)cc1NC(=O)Oc1nc(C(C)O)cnc1Nc1cncnc1. The summed E-state index contributed by atoms with van der Waals surface area (Å²) in [7, 11) is 3.05. The van der Waals surface area contributed by atoms with Crippen LogP contribution in [0.15, 0.2) is 31.1 Å². The lowest BCUT2D eigenvalue weighted by Gasteiger charge is -2.12. The van der Waals surface area contributed by atoms with E-state index in [4.69, 9.17) is 4.74 Å². The van der Waals surface area contributed by atoms with Gasteiger partial charge >= 0.3 is 6.09 Å². The van der Waals surface area contributed by atoms with Gasteiger partial charge in [0, 0.05) is 20.3 Å². The molecule has 0 radical (unpaired) electrons. The molecule has 0 fully saturated rings. The average molecular weight is 413 g/mol. The minimum atomic E-state index is -0.935. The van der Waals surface area contributed by atoms with Gasteiger partial charge in [0.2, 0.25) is 0 Å². The first-order chi connectivity index (χ1) is 14.4. The van der Waals surface area contributed by atoms with Crippen molar-refractivity contribution in [1.82, 2.24) is 35.0 Å². The number of anilines is 3. The van der Waals surface area contributed by atoms with Crippen LogP contribution < -0.4 is 20.7 Å². The Hall–Kier alpha value is -4.13. The number of amides is 2. The van der Waals surface area contributed by atoms with E-state index in [0.717, 1.165) is 0 Å². The van der Waals surface area contributed by atoms with Crippen molar-refractivity contribution in [3.63, 3.8) is 0 Å². The van der Waals surface area contributed by atoms with E-state index < -0.39 is 18.1 Å². The molecule has 0 saturated heterocycles. The fourth-order valence-electron chi connectivity index (χ4n) is 2.33. The number of aryl methyl sites for hydroxylation is 1. The van der Waals surface area contributed by atoms with E-state index in [-0.39, 0.29) is 28.8 Å². The van der Waals surface area contributed by atoms with Crippen LogP contribution in [0.1, 0.15) is 29.2 Å². The number of ether oxygens (including phenoxy) is 1. The third-order valence-electron chi connectivity index (χ3n) is 3.71. The molecule has 0 saturated carbocycles. The van der Waals surface area contributed by atoms with Gasteiger partial charge < -0.3 is 20.5 Å². The van der Waals surface area contributed by atoms with Gasteiger partial charge in [0.25, 0.3) is 11.8 Å². The van der Waals surface area contributed by atoms with E-state index in [1.165, 1.54) is 49.8 Å². The van der Waals surface area contributed by atoms with Gasteiger partial charge in [0.15, 0.2) is 11.5 Å². The Morgan fingerprint density at radius 3 is 2.63 bits per heavy atom. The molecule has 0 aliphatic carbocycles. The molecule has 30 heavy (non-hydrogen) atoms. The van der Waals surface area contributed by atoms with Crippen molar-refractivity contribution in [2.75, 3.05) is 17.7 Å². The van der Waals surface area contributed by atoms with Gasteiger partial charge in [0.1, 0.15) is 6.33 Å². The minimum Gasteiger partial charge on any atom is -0.387 e. The van der Waals surface area contributed by atoms with Crippen LogP contribution in [0.25, 0.3) is 0 Å². The summed E-state index contributed by atoms with van der Waals surface area (Å²) in [6, 6.07) is 0. The Balaban J connectivity index is 1.84. The van der Waals surface area contributed by atoms with Gasteiger partial charge in [-0.05, 0) is 6.92 Å². The topological polar surface area (TPSA) is 169 Å². The second-order valence-electron chi connectivity index (χ2n) is 6.04. The van der Waals surface area contributed by atoms with Crippen molar-refractivity contribution < 1.29 is 19.4 Å². The van der Waals surface area contributed by atoms with Crippen molar-refractivity contribution in [3.05, 3.63) is 42.5 Å². The maximum absolute atomic E-state index is 12.5. The number of carbonyl (C=O) groups excluding carboxylic acids is 2. The normalized spacial score (nSPS) is 11.5. The molecule has 3 aromatic rings. The molecule has 0 aromatic carbocycles. The van der Waals surface area contributed by atoms with Gasteiger partial charge in [-0.25, -0.2) is 24.7 Å². The van der Waals surface area contributed by atoms with Crippen LogP contribution in [0.3, 0.4) is 0 Å². The average Bonchev–Trinajstić information content (AvgIpc) is 3.09. The zero-order chi connectivity index (χ0) is 21.7. The fourth-order valence-corrected chi connectivity index (χ4v) is 2.33. The number of carbonyl (C=O) groups is 2. The number of aliphatic hydroxyl groups is 1. The van der Waals surface area contributed by atoms with E-state index in [0.29, 0.717) is 5.69 Å². The molecule has 0 spiro atoms. The largest absolute Gasteiger partial charge is 0.418 e. The lowest BCUT2D eigenvalue weighted by Crippen LogP contribution is -2.23. The highest BCUT2D eigenvalue weighted by Gasteiger charge is 2.20. The second-order valence-corrected chi connectivity index (χ2v) is 6.04. The van der Waals surface area contributed by atoms with Crippen LogP contribution in [0, 0.1) is 0 Å². The first kappa shape index (κ1) is 20.6. The standard InChI is InChI=1S/C17H19N9O4/c1-9(27)11-6-21-14(22-10-4-19-8-20-5-10)16(23-11)30-17(29)24-12-7-26(3)25-13(12)15(28)18-2/h4-9,27H,1-3H3,(H,18,28)(H,21,22)(H,24,29). The molecule has 3 rings (SSSR count). The van der Waals surface area contributed by atoms with Crippen LogP contribution in [0.4, 0.5) is 22.0 Å². The molecule has 0 aliphatic heterocycles. The predicted octanol–water partition coefficient (Wildman–Crippen LogP) is 0.767. The highest BCUT2D eigenvalue weighted by molar-refractivity contribution is 6.01. The zero-order valence-corrected chi connectivity index (χ0v) is 16.3. The smallest absolute Gasteiger partial charge is 0.387 e. The number of aliphatic hydroxyl groups excluding tert-OH is 1. The van der Waals surface area contributed by atoms with E-state index in [9.17, 15) is 14.7 Å². The number of hydrogen-bond donors (Lipinski definition) is 4. The van der Waals surface area contributed by atoms with Crippen molar-refractivity contribution in [1.29, 1.82) is 0 Å². The summed E-state index contributed by atoms with van der Waals surface area (Å²) in [5.41, 5.74) is 0.837. The Morgan fingerprint density at radius 2 is 1.97 bits per heavy atom. The summed E-state index contributed by atoms with van der Waals surface area (Å²) in [6.45, 7) is 1.50. The molecule has 4 N–H and O–H groups in total. The Morgan fingerprint density at radius 1 is 1.23 bits per heavy atom. The van der Waals surface area contributed by atoms with E-state index in [1.807, 2.05) is 0 Å². The molecule has 156 valence electrons. The summed E-state index contributed by atoms with van der Waals surface area (Å²) in [6.07, 6.45) is 5.26. The van der Waals surface area contributed by atoms with Crippen LogP contribution >= 0.6 is 0 Å². The molecule has 2 amide bonds. The molecular formula is C17H19N9O4. The zero-order valence-electron chi connectivity index (χ0n) is 16.3. The lowest BCUT2D eigenvalue weighted by atomic mass is 10.3. The van der Waals surface area contributed by atoms with E-state index >= 15 is 0 Å². The third-order valence-corrected chi connectivity index (χ3v) is 3.71. The highest BCUT2D eigenvalue weighted by atomic mass is 16.6. The number of hydrogen-bond acceptors (Lipinski definition) is 10. The van der Waals surface area contributed by atoms with Gasteiger partial charge in [0.05, 0.1) is 41.8 Å². The van der Waals surface area contributed by atoms with Crippen molar-refractivity contribution in [3.8, 4) is 5.88 Å². The van der Waals surface area contributed by atoms with Crippen molar-refractivity contribution in [2.24, 2.45) is 7.05 Å². The van der Waals surface area contributed by atoms with Crippen molar-refractivity contribution in [2.45, 2.75) is 13.0 Å². The summed E-state index contributed by atoms with van der Waals surface area (Å²) < 4.78 is 6.65. The van der Waals surface area contributed by atoms with Gasteiger partial charge in [-0.1, -0.05) is 0 Å². The molecular weight excluding hydrogens is 394 g/mol. The van der Waals surface area contributed by atoms with Gasteiger partial charge in [-0.15, -0.1) is 0 Å². The molecule has 13 heteroatoms. The Kier molecular flexibility index (Phi) is 6.12. The van der Waals surface area contributed by atoms with Crippen molar-refractivity contribution >= 4 is 29.2 Å². The maximum Gasteiger partial charge on any atom is 0.418 e. The quantitative estimate of drug-likeness (QED) is 0.452. The highest BCUT2D eigenvalue weighted by Crippen LogP contribution is 2.25. The van der Waals surface area contributed by atoms with Gasteiger partial charge in [-0.2, -0.15) is 5.10 Å². The van der Waals surface area contributed by atoms with Crippen LogP contribution in [0.2, 0.25) is 0 Å². The molecule has 1 atom stereocenters. The molecule has 0 bridgehead atoms. The van der Waals surface area contributed by atoms with E-state index in [1.54, 1.807) is 7.05 Å². The number of nitrogens with one attached hydrogen (secondary N) is 3. The monoisotopic (exact) mass is 413 g/mol. The molecule has 0 aliphatic rings. The minimum absolute atomic E-state index is 0.0144.